The number of carboxylic acids is 1. The molecule has 5 heteroatoms. The molecule has 1 N–H and O–H groups in total. The zero-order valence-corrected chi connectivity index (χ0v) is 12.2. The minimum Gasteiger partial charge on any atom is -0.478 e. The SMILES string of the molecule is C=C(C)C(=O)O.C=C(C)C(=O)OC.[K]. The number of rotatable bonds is 2. The maximum absolute atomic E-state index is 10.2. The van der Waals surface area contributed by atoms with Crippen LogP contribution in [0.25, 0.3) is 0 Å². The minimum absolute atomic E-state index is 0. The Morgan fingerprint density at radius 3 is 1.43 bits per heavy atom. The normalized spacial score (nSPS) is 7.07. The van der Waals surface area contributed by atoms with Crippen molar-refractivity contribution in [2.45, 2.75) is 13.8 Å². The summed E-state index contributed by atoms with van der Waals surface area (Å²) in [6.07, 6.45) is 0. The first-order chi connectivity index (χ1) is 5.82. The summed E-state index contributed by atoms with van der Waals surface area (Å²) >= 11 is 0. The predicted octanol–water partition coefficient (Wildman–Crippen LogP) is 1.00. The number of methoxy groups -OCH3 is 1. The molecule has 4 nitrogen and oxygen atoms in total. The van der Waals surface area contributed by atoms with E-state index in [2.05, 4.69) is 17.9 Å². The van der Waals surface area contributed by atoms with Crippen LogP contribution in [0.4, 0.5) is 0 Å². The molecule has 0 amide bonds. The van der Waals surface area contributed by atoms with E-state index in [9.17, 15) is 9.59 Å². The number of esters is 1. The molecule has 0 bridgehead atoms. The number of carbonyl (C=O) groups excluding carboxylic acids is 1. The van der Waals surface area contributed by atoms with Crippen LogP contribution in [-0.4, -0.2) is 75.5 Å². The van der Waals surface area contributed by atoms with E-state index in [1.807, 2.05) is 0 Å². The molecule has 0 aromatic heterocycles. The molecule has 75 valence electrons. The first-order valence-electron chi connectivity index (χ1n) is 3.45. The largest absolute Gasteiger partial charge is 0.478 e. The number of carboxylic acid groups (broad SMARTS) is 1. The molecule has 0 saturated carbocycles. The van der Waals surface area contributed by atoms with Gasteiger partial charge in [0, 0.05) is 62.5 Å². The molecule has 0 aliphatic heterocycles. The molecule has 0 heterocycles. The third kappa shape index (κ3) is 14.6. The Kier molecular flexibility index (Phi) is 15.6. The van der Waals surface area contributed by atoms with Gasteiger partial charge in [-0.25, -0.2) is 9.59 Å². The van der Waals surface area contributed by atoms with Crippen molar-refractivity contribution in [3.8, 4) is 0 Å². The van der Waals surface area contributed by atoms with Crippen LogP contribution in [0, 0.1) is 0 Å². The zero-order valence-electron chi connectivity index (χ0n) is 9.09. The summed E-state index contributed by atoms with van der Waals surface area (Å²) in [5.74, 6) is -1.28. The standard InChI is InChI=1S/C5H8O2.C4H6O2.K/c1-4(2)5(6)7-3;1-3(2)4(5)6;/h1H2,2-3H3;1H2,2H3,(H,5,6);. The van der Waals surface area contributed by atoms with Crippen molar-refractivity contribution in [2.75, 3.05) is 7.11 Å². The summed E-state index contributed by atoms with van der Waals surface area (Å²) in [7, 11) is 1.33. The first-order valence-corrected chi connectivity index (χ1v) is 3.45. The Morgan fingerprint density at radius 1 is 1.14 bits per heavy atom. The average molecular weight is 225 g/mol. The van der Waals surface area contributed by atoms with Crippen molar-refractivity contribution in [3.05, 3.63) is 24.3 Å². The van der Waals surface area contributed by atoms with Crippen LogP contribution in [0.1, 0.15) is 13.8 Å². The Morgan fingerprint density at radius 2 is 1.43 bits per heavy atom. The fourth-order valence-electron chi connectivity index (χ4n) is 0.174. The van der Waals surface area contributed by atoms with E-state index in [4.69, 9.17) is 5.11 Å². The number of hydrogen-bond acceptors (Lipinski definition) is 3. The number of ether oxygens (including phenoxy) is 1. The van der Waals surface area contributed by atoms with Gasteiger partial charge < -0.3 is 9.84 Å². The van der Waals surface area contributed by atoms with Gasteiger partial charge in [-0.1, -0.05) is 13.2 Å². The fraction of sp³-hybridized carbons (Fsp3) is 0.333. The molecule has 0 rings (SSSR count). The van der Waals surface area contributed by atoms with E-state index in [1.54, 1.807) is 6.92 Å². The van der Waals surface area contributed by atoms with E-state index >= 15 is 0 Å². The van der Waals surface area contributed by atoms with E-state index in [1.165, 1.54) is 14.0 Å². The van der Waals surface area contributed by atoms with Gasteiger partial charge in [0.1, 0.15) is 0 Å². The molecule has 0 unspecified atom stereocenters. The Labute approximate surface area is 126 Å². The minimum atomic E-state index is -0.935. The van der Waals surface area contributed by atoms with Gasteiger partial charge in [0.25, 0.3) is 0 Å². The third-order valence-corrected chi connectivity index (χ3v) is 0.899. The van der Waals surface area contributed by atoms with Gasteiger partial charge in [-0.2, -0.15) is 0 Å². The van der Waals surface area contributed by atoms with Crippen LogP contribution in [0.5, 0.6) is 0 Å². The summed E-state index contributed by atoms with van der Waals surface area (Å²) < 4.78 is 4.27. The topological polar surface area (TPSA) is 63.6 Å². The van der Waals surface area contributed by atoms with Crippen molar-refractivity contribution in [3.63, 3.8) is 0 Å². The summed E-state index contributed by atoms with van der Waals surface area (Å²) in [4.78, 5) is 19.8. The van der Waals surface area contributed by atoms with Crippen molar-refractivity contribution in [2.24, 2.45) is 0 Å². The van der Waals surface area contributed by atoms with E-state index in [0.29, 0.717) is 5.57 Å². The smallest absolute Gasteiger partial charge is 0.332 e. The Bertz CT molecular complexity index is 221. The van der Waals surface area contributed by atoms with Gasteiger partial charge in [0.15, 0.2) is 0 Å². The predicted molar refractivity (Wildman–Crippen MR) is 55.0 cm³/mol. The molecule has 0 aliphatic rings. The monoisotopic (exact) mass is 225 g/mol. The molecule has 0 spiro atoms. The molecule has 0 aromatic rings. The van der Waals surface area contributed by atoms with E-state index < -0.39 is 5.97 Å². The fourth-order valence-corrected chi connectivity index (χ4v) is 0.174. The van der Waals surface area contributed by atoms with Crippen LogP contribution in [0.3, 0.4) is 0 Å². The molecular weight excluding hydrogens is 211 g/mol. The summed E-state index contributed by atoms with van der Waals surface area (Å²) in [5.41, 5.74) is 0.609. The van der Waals surface area contributed by atoms with Crippen LogP contribution >= 0.6 is 0 Å². The Hall–Kier alpha value is 0.0564. The van der Waals surface area contributed by atoms with E-state index in [-0.39, 0.29) is 62.9 Å². The number of aliphatic carboxylic acids is 1. The van der Waals surface area contributed by atoms with E-state index in [0.717, 1.165) is 0 Å². The first kappa shape index (κ1) is 19.6. The van der Waals surface area contributed by atoms with Gasteiger partial charge in [0.2, 0.25) is 0 Å². The van der Waals surface area contributed by atoms with Gasteiger partial charge in [0.05, 0.1) is 7.11 Å². The molecule has 0 aromatic carbocycles. The van der Waals surface area contributed by atoms with Crippen molar-refractivity contribution >= 4 is 63.3 Å². The second-order valence-electron chi connectivity index (χ2n) is 2.36. The summed E-state index contributed by atoms with van der Waals surface area (Å²) in [6.45, 7) is 9.56. The Balaban J connectivity index is -0.000000163. The van der Waals surface area contributed by atoms with Crippen molar-refractivity contribution < 1.29 is 19.4 Å². The molecule has 14 heavy (non-hydrogen) atoms. The molecular formula is C9H14KO4. The van der Waals surface area contributed by atoms with Crippen LogP contribution in [0.2, 0.25) is 0 Å². The number of hydrogen-bond donors (Lipinski definition) is 1. The van der Waals surface area contributed by atoms with Crippen LogP contribution in [-0.2, 0) is 14.3 Å². The van der Waals surface area contributed by atoms with Gasteiger partial charge in [-0.05, 0) is 13.8 Å². The average Bonchev–Trinajstić information content (AvgIpc) is 2.03. The van der Waals surface area contributed by atoms with Crippen LogP contribution in [0.15, 0.2) is 24.3 Å². The van der Waals surface area contributed by atoms with Gasteiger partial charge in [-0.15, -0.1) is 0 Å². The maximum Gasteiger partial charge on any atom is 0.332 e. The summed E-state index contributed by atoms with van der Waals surface area (Å²) in [5, 5.41) is 7.89. The maximum atomic E-state index is 10.2. The molecule has 0 saturated heterocycles. The second kappa shape index (κ2) is 11.1. The van der Waals surface area contributed by atoms with Crippen molar-refractivity contribution in [1.29, 1.82) is 0 Å². The number of carbonyl (C=O) groups is 2. The quantitative estimate of drug-likeness (QED) is 0.432. The summed E-state index contributed by atoms with van der Waals surface area (Å²) in [6, 6.07) is 0. The third-order valence-electron chi connectivity index (χ3n) is 0.899. The van der Waals surface area contributed by atoms with Gasteiger partial charge >= 0.3 is 11.9 Å². The molecule has 1 radical (unpaired) electrons. The van der Waals surface area contributed by atoms with Crippen LogP contribution < -0.4 is 0 Å². The molecule has 0 fully saturated rings. The van der Waals surface area contributed by atoms with Crippen molar-refractivity contribution in [1.82, 2.24) is 0 Å². The van der Waals surface area contributed by atoms with Gasteiger partial charge in [-0.3, -0.25) is 0 Å². The molecule has 0 aliphatic carbocycles. The second-order valence-corrected chi connectivity index (χ2v) is 2.36. The zero-order chi connectivity index (χ0) is 11.0. The molecule has 0 atom stereocenters.